The van der Waals surface area contributed by atoms with Gasteiger partial charge in [-0.2, -0.15) is 0 Å². The van der Waals surface area contributed by atoms with Crippen LogP contribution in [0.5, 0.6) is 0 Å². The quantitative estimate of drug-likeness (QED) is 0.521. The first-order valence-electron chi connectivity index (χ1n) is 5.67. The van der Waals surface area contributed by atoms with Gasteiger partial charge < -0.3 is 10.5 Å². The Morgan fingerprint density at radius 1 is 1.44 bits per heavy atom. The van der Waals surface area contributed by atoms with Crippen LogP contribution in [0.15, 0.2) is 23.1 Å². The fraction of sp³-hybridized carbons (Fsp3) is 0.462. The fourth-order valence-electron chi connectivity index (χ4n) is 1.27. The van der Waals surface area contributed by atoms with Gasteiger partial charge in [-0.05, 0) is 39.0 Å². The van der Waals surface area contributed by atoms with Gasteiger partial charge in [-0.1, -0.05) is 11.6 Å². The molecule has 100 valence electrons. The molecule has 3 nitrogen and oxygen atoms in total. The summed E-state index contributed by atoms with van der Waals surface area (Å²) >= 11 is 7.53. The van der Waals surface area contributed by atoms with Crippen LogP contribution in [0.1, 0.15) is 27.2 Å². The van der Waals surface area contributed by atoms with Crippen molar-refractivity contribution in [3.8, 4) is 0 Å². The molecule has 5 heteroatoms. The van der Waals surface area contributed by atoms with Gasteiger partial charge in [-0.15, -0.1) is 11.8 Å². The number of carbonyl (C=O) groups excluding carboxylic acids is 1. The second-order valence-corrected chi connectivity index (χ2v) is 6.42. The molecule has 1 rings (SSSR count). The molecule has 0 aromatic heterocycles. The van der Waals surface area contributed by atoms with Gasteiger partial charge in [0.25, 0.3) is 0 Å². The summed E-state index contributed by atoms with van der Waals surface area (Å²) in [6.45, 7) is 5.56. The standard InChI is InChI=1S/C13H18ClNO2S/c1-13(2,3)17-12(16)6-7-18-11-8-9(15)4-5-10(11)14/h4-5,8H,6-7,15H2,1-3H3. The van der Waals surface area contributed by atoms with Crippen LogP contribution in [0.4, 0.5) is 5.69 Å². The van der Waals surface area contributed by atoms with Crippen LogP contribution in [0, 0.1) is 0 Å². The lowest BCUT2D eigenvalue weighted by Crippen LogP contribution is -2.23. The zero-order valence-corrected chi connectivity index (χ0v) is 12.4. The van der Waals surface area contributed by atoms with Gasteiger partial charge in [0.1, 0.15) is 5.60 Å². The van der Waals surface area contributed by atoms with E-state index in [-0.39, 0.29) is 5.97 Å². The molecule has 0 aliphatic carbocycles. The molecule has 0 spiro atoms. The Morgan fingerprint density at radius 2 is 2.11 bits per heavy atom. The molecule has 0 aliphatic rings. The lowest BCUT2D eigenvalue weighted by atomic mass is 10.2. The molecule has 0 amide bonds. The monoisotopic (exact) mass is 287 g/mol. The number of rotatable bonds is 4. The van der Waals surface area contributed by atoms with Crippen LogP contribution in [0.3, 0.4) is 0 Å². The average Bonchev–Trinajstić information content (AvgIpc) is 2.20. The minimum atomic E-state index is -0.434. The molecule has 0 radical (unpaired) electrons. The Bertz CT molecular complexity index is 429. The minimum Gasteiger partial charge on any atom is -0.460 e. The molecule has 0 unspecified atom stereocenters. The number of hydrogen-bond acceptors (Lipinski definition) is 4. The van der Waals surface area contributed by atoms with Crippen molar-refractivity contribution in [1.82, 2.24) is 0 Å². The van der Waals surface area contributed by atoms with Crippen LogP contribution < -0.4 is 5.73 Å². The average molecular weight is 288 g/mol. The van der Waals surface area contributed by atoms with Crippen molar-refractivity contribution in [3.05, 3.63) is 23.2 Å². The first kappa shape index (κ1) is 15.2. The van der Waals surface area contributed by atoms with Gasteiger partial charge >= 0.3 is 5.97 Å². The van der Waals surface area contributed by atoms with Crippen LogP contribution in [0.25, 0.3) is 0 Å². The molecule has 1 aromatic carbocycles. The summed E-state index contributed by atoms with van der Waals surface area (Å²) in [4.78, 5) is 12.4. The zero-order valence-electron chi connectivity index (χ0n) is 10.8. The van der Waals surface area contributed by atoms with Gasteiger partial charge in [0.15, 0.2) is 0 Å². The van der Waals surface area contributed by atoms with Crippen molar-refractivity contribution in [2.45, 2.75) is 37.7 Å². The molecule has 2 N–H and O–H groups in total. The van der Waals surface area contributed by atoms with Crippen LogP contribution in [-0.4, -0.2) is 17.3 Å². The number of carbonyl (C=O) groups is 1. The third kappa shape index (κ3) is 5.65. The van der Waals surface area contributed by atoms with Gasteiger partial charge in [0.05, 0.1) is 11.4 Å². The Hall–Kier alpha value is -0.870. The molecule has 0 bridgehead atoms. The second kappa shape index (κ2) is 6.34. The van der Waals surface area contributed by atoms with E-state index in [9.17, 15) is 4.79 Å². The number of nitrogens with two attached hydrogens (primary N) is 1. The highest BCUT2D eigenvalue weighted by molar-refractivity contribution is 7.99. The Balaban J connectivity index is 2.42. The molecule has 0 fully saturated rings. The number of esters is 1. The van der Waals surface area contributed by atoms with E-state index in [1.165, 1.54) is 11.8 Å². The third-order valence-electron chi connectivity index (χ3n) is 1.94. The first-order valence-corrected chi connectivity index (χ1v) is 7.04. The van der Waals surface area contributed by atoms with E-state index >= 15 is 0 Å². The molecular weight excluding hydrogens is 270 g/mol. The molecular formula is C13H18ClNO2S. The van der Waals surface area contributed by atoms with Gasteiger partial charge in [-0.25, -0.2) is 0 Å². The summed E-state index contributed by atoms with van der Waals surface area (Å²) in [6.07, 6.45) is 0.354. The Morgan fingerprint density at radius 3 is 2.72 bits per heavy atom. The second-order valence-electron chi connectivity index (χ2n) is 4.87. The summed E-state index contributed by atoms with van der Waals surface area (Å²) in [5.41, 5.74) is 5.91. The van der Waals surface area contributed by atoms with Crippen LogP contribution in [0.2, 0.25) is 5.02 Å². The summed E-state index contributed by atoms with van der Waals surface area (Å²) < 4.78 is 5.22. The van der Waals surface area contributed by atoms with E-state index in [1.807, 2.05) is 26.8 Å². The maximum atomic E-state index is 11.5. The smallest absolute Gasteiger partial charge is 0.307 e. The Labute approximate surface area is 117 Å². The van der Waals surface area contributed by atoms with E-state index in [4.69, 9.17) is 22.1 Å². The van der Waals surface area contributed by atoms with Crippen LogP contribution in [-0.2, 0) is 9.53 Å². The van der Waals surface area contributed by atoms with E-state index in [0.29, 0.717) is 22.9 Å². The number of anilines is 1. The van der Waals surface area contributed by atoms with Crippen molar-refractivity contribution in [2.75, 3.05) is 11.5 Å². The normalized spacial score (nSPS) is 11.3. The molecule has 18 heavy (non-hydrogen) atoms. The predicted octanol–water partition coefficient (Wildman–Crippen LogP) is 3.75. The molecule has 1 aromatic rings. The number of nitrogen functional groups attached to an aromatic ring is 1. The largest absolute Gasteiger partial charge is 0.460 e. The molecule has 0 heterocycles. The minimum absolute atomic E-state index is 0.199. The third-order valence-corrected chi connectivity index (χ3v) is 3.44. The Kier molecular flexibility index (Phi) is 5.35. The number of ether oxygens (including phenoxy) is 1. The van der Waals surface area contributed by atoms with Crippen molar-refractivity contribution >= 4 is 35.0 Å². The zero-order chi connectivity index (χ0) is 13.8. The molecule has 0 atom stereocenters. The van der Waals surface area contributed by atoms with Crippen molar-refractivity contribution in [3.63, 3.8) is 0 Å². The van der Waals surface area contributed by atoms with Gasteiger partial charge in [0, 0.05) is 16.3 Å². The van der Waals surface area contributed by atoms with E-state index in [0.717, 1.165) is 4.90 Å². The molecule has 0 aliphatic heterocycles. The van der Waals surface area contributed by atoms with E-state index in [2.05, 4.69) is 0 Å². The van der Waals surface area contributed by atoms with E-state index < -0.39 is 5.60 Å². The highest BCUT2D eigenvalue weighted by Gasteiger charge is 2.15. The number of benzene rings is 1. The lowest BCUT2D eigenvalue weighted by Gasteiger charge is -2.19. The number of hydrogen-bond donors (Lipinski definition) is 1. The highest BCUT2D eigenvalue weighted by Crippen LogP contribution is 2.29. The number of thioether (sulfide) groups is 1. The lowest BCUT2D eigenvalue weighted by molar-refractivity contribution is -0.154. The topological polar surface area (TPSA) is 52.3 Å². The van der Waals surface area contributed by atoms with Crippen LogP contribution >= 0.6 is 23.4 Å². The van der Waals surface area contributed by atoms with Crippen molar-refractivity contribution in [2.24, 2.45) is 0 Å². The first-order chi connectivity index (χ1) is 8.28. The van der Waals surface area contributed by atoms with E-state index in [1.54, 1.807) is 12.1 Å². The summed E-state index contributed by atoms with van der Waals surface area (Å²) in [5, 5.41) is 0.651. The highest BCUT2D eigenvalue weighted by atomic mass is 35.5. The summed E-state index contributed by atoms with van der Waals surface area (Å²) in [5.74, 6) is 0.424. The van der Waals surface area contributed by atoms with Gasteiger partial charge in [0.2, 0.25) is 0 Å². The summed E-state index contributed by atoms with van der Waals surface area (Å²) in [7, 11) is 0. The number of halogens is 1. The fourth-order valence-corrected chi connectivity index (χ4v) is 2.46. The maximum absolute atomic E-state index is 11.5. The maximum Gasteiger partial charge on any atom is 0.307 e. The van der Waals surface area contributed by atoms with Crippen molar-refractivity contribution in [1.29, 1.82) is 0 Å². The SMILES string of the molecule is CC(C)(C)OC(=O)CCSc1cc(N)ccc1Cl. The summed E-state index contributed by atoms with van der Waals surface area (Å²) in [6, 6.07) is 5.31. The molecule has 0 saturated carbocycles. The molecule has 0 saturated heterocycles. The van der Waals surface area contributed by atoms with Gasteiger partial charge in [-0.3, -0.25) is 4.79 Å². The predicted molar refractivity (Wildman–Crippen MR) is 77.1 cm³/mol. The van der Waals surface area contributed by atoms with Crippen molar-refractivity contribution < 1.29 is 9.53 Å².